The van der Waals surface area contributed by atoms with Crippen LogP contribution in [0, 0.1) is 0 Å². The van der Waals surface area contributed by atoms with Crippen LogP contribution in [0.2, 0.25) is 0 Å². The molecule has 1 amide bonds. The third-order valence-corrected chi connectivity index (χ3v) is 6.31. The van der Waals surface area contributed by atoms with E-state index in [0.717, 1.165) is 29.8 Å². The summed E-state index contributed by atoms with van der Waals surface area (Å²) in [5.74, 6) is 0.429. The van der Waals surface area contributed by atoms with Crippen molar-refractivity contribution in [3.05, 3.63) is 54.1 Å². The highest BCUT2D eigenvalue weighted by Gasteiger charge is 2.49. The Morgan fingerprint density at radius 3 is 2.70 bits per heavy atom. The molecule has 3 aromatic rings. The van der Waals surface area contributed by atoms with Crippen LogP contribution in [0.1, 0.15) is 42.2 Å². The van der Waals surface area contributed by atoms with Gasteiger partial charge in [0, 0.05) is 23.0 Å². The summed E-state index contributed by atoms with van der Waals surface area (Å²) < 4.78 is 44.0. The Morgan fingerprint density at radius 1 is 1.15 bits per heavy atom. The number of halogens is 3. The molecule has 1 N–H and O–H groups in total. The van der Waals surface area contributed by atoms with Gasteiger partial charge in [0.15, 0.2) is 5.69 Å². The number of nitrogens with zero attached hydrogens (tertiary/aromatic N) is 4. The molecule has 7 nitrogen and oxygen atoms in total. The fourth-order valence-electron chi connectivity index (χ4n) is 4.93. The summed E-state index contributed by atoms with van der Waals surface area (Å²) in [7, 11) is 0. The van der Waals surface area contributed by atoms with Gasteiger partial charge in [0.1, 0.15) is 11.4 Å². The second-order valence-corrected chi connectivity index (χ2v) is 8.24. The number of aromatic nitrogens is 3. The number of ether oxygens (including phenoxy) is 1. The molecule has 33 heavy (non-hydrogen) atoms. The van der Waals surface area contributed by atoms with E-state index in [-0.39, 0.29) is 29.9 Å². The lowest BCUT2D eigenvalue weighted by atomic mass is 9.95. The van der Waals surface area contributed by atoms with Crippen molar-refractivity contribution >= 4 is 22.5 Å². The summed E-state index contributed by atoms with van der Waals surface area (Å²) >= 11 is 0. The molecular weight excluding hydrogens is 435 g/mol. The molecule has 3 unspecified atom stereocenters. The summed E-state index contributed by atoms with van der Waals surface area (Å²) in [4.78, 5) is 27.4. The highest BCUT2D eigenvalue weighted by atomic mass is 19.4. The zero-order chi connectivity index (χ0) is 23.2. The van der Waals surface area contributed by atoms with Crippen LogP contribution in [0.4, 0.5) is 19.0 Å². The van der Waals surface area contributed by atoms with Gasteiger partial charge in [0.25, 0.3) is 5.91 Å². The largest absolute Gasteiger partial charge is 0.477 e. The molecule has 2 aromatic heterocycles. The Labute approximate surface area is 188 Å². The van der Waals surface area contributed by atoms with Crippen LogP contribution in [0.25, 0.3) is 10.8 Å². The van der Waals surface area contributed by atoms with Crippen LogP contribution in [0.15, 0.2) is 42.9 Å². The third-order valence-electron chi connectivity index (χ3n) is 6.31. The van der Waals surface area contributed by atoms with Crippen molar-refractivity contribution in [3.8, 4) is 5.88 Å². The SMILES string of the molecule is CCOc1ncc2ccccc2c1C(=O)N1C2CCC1C(Nc1cnc(C(F)(F)F)cn1)C2. The van der Waals surface area contributed by atoms with E-state index < -0.39 is 11.9 Å². The lowest BCUT2D eigenvalue weighted by Crippen LogP contribution is -2.40. The predicted octanol–water partition coefficient (Wildman–Crippen LogP) is 4.30. The van der Waals surface area contributed by atoms with Crippen LogP contribution < -0.4 is 10.1 Å². The van der Waals surface area contributed by atoms with E-state index in [2.05, 4.69) is 20.3 Å². The molecule has 2 aliphatic rings. The Kier molecular flexibility index (Phi) is 5.30. The zero-order valence-corrected chi connectivity index (χ0v) is 17.8. The predicted molar refractivity (Wildman–Crippen MR) is 115 cm³/mol. The molecular formula is C23H22F3N5O2. The quantitative estimate of drug-likeness (QED) is 0.616. The third kappa shape index (κ3) is 3.83. The summed E-state index contributed by atoms with van der Waals surface area (Å²) in [6, 6.07) is 7.34. The van der Waals surface area contributed by atoms with Crippen LogP contribution in [-0.4, -0.2) is 50.5 Å². The van der Waals surface area contributed by atoms with Crippen molar-refractivity contribution in [2.75, 3.05) is 11.9 Å². The smallest absolute Gasteiger partial charge is 0.434 e. The topological polar surface area (TPSA) is 80.2 Å². The van der Waals surface area contributed by atoms with Crippen molar-refractivity contribution in [1.29, 1.82) is 0 Å². The van der Waals surface area contributed by atoms with Gasteiger partial charge in [-0.3, -0.25) is 4.79 Å². The van der Waals surface area contributed by atoms with Gasteiger partial charge in [-0.1, -0.05) is 24.3 Å². The number of pyridine rings is 1. The number of carbonyl (C=O) groups is 1. The van der Waals surface area contributed by atoms with Crippen molar-refractivity contribution in [3.63, 3.8) is 0 Å². The number of alkyl halides is 3. The van der Waals surface area contributed by atoms with Gasteiger partial charge in [-0.25, -0.2) is 15.0 Å². The molecule has 2 aliphatic heterocycles. The van der Waals surface area contributed by atoms with Crippen LogP contribution in [-0.2, 0) is 6.18 Å². The van der Waals surface area contributed by atoms with Gasteiger partial charge in [-0.15, -0.1) is 0 Å². The number of hydrogen-bond acceptors (Lipinski definition) is 6. The molecule has 0 spiro atoms. The number of fused-ring (bicyclic) bond motifs is 3. The first-order valence-corrected chi connectivity index (χ1v) is 10.9. The fourth-order valence-corrected chi connectivity index (χ4v) is 4.93. The Morgan fingerprint density at radius 2 is 1.97 bits per heavy atom. The molecule has 0 saturated carbocycles. The number of amides is 1. The van der Waals surface area contributed by atoms with E-state index in [9.17, 15) is 18.0 Å². The first kappa shape index (κ1) is 21.4. The molecule has 5 rings (SSSR count). The highest BCUT2D eigenvalue weighted by Crippen LogP contribution is 2.41. The average molecular weight is 457 g/mol. The van der Waals surface area contributed by atoms with Gasteiger partial charge >= 0.3 is 6.18 Å². The minimum atomic E-state index is -4.54. The molecule has 10 heteroatoms. The first-order chi connectivity index (χ1) is 15.9. The van der Waals surface area contributed by atoms with E-state index >= 15 is 0 Å². The Bertz CT molecular complexity index is 1180. The summed E-state index contributed by atoms with van der Waals surface area (Å²) in [6.07, 6.45) is 1.31. The van der Waals surface area contributed by atoms with Gasteiger partial charge < -0.3 is 15.0 Å². The fraction of sp³-hybridized carbons (Fsp3) is 0.391. The zero-order valence-electron chi connectivity index (χ0n) is 17.8. The lowest BCUT2D eigenvalue weighted by molar-refractivity contribution is -0.141. The van der Waals surface area contributed by atoms with Crippen LogP contribution >= 0.6 is 0 Å². The van der Waals surface area contributed by atoms with E-state index in [4.69, 9.17) is 4.74 Å². The van der Waals surface area contributed by atoms with E-state index in [1.807, 2.05) is 36.1 Å². The minimum Gasteiger partial charge on any atom is -0.477 e. The second-order valence-electron chi connectivity index (χ2n) is 8.24. The monoisotopic (exact) mass is 457 g/mol. The number of anilines is 1. The van der Waals surface area contributed by atoms with Gasteiger partial charge in [0.05, 0.1) is 31.1 Å². The molecule has 4 heterocycles. The van der Waals surface area contributed by atoms with E-state index in [1.165, 1.54) is 0 Å². The molecule has 172 valence electrons. The van der Waals surface area contributed by atoms with Crippen molar-refractivity contribution in [2.45, 2.75) is 50.5 Å². The second kappa shape index (κ2) is 8.17. The van der Waals surface area contributed by atoms with Crippen molar-refractivity contribution in [2.24, 2.45) is 0 Å². The highest BCUT2D eigenvalue weighted by molar-refractivity contribution is 6.09. The first-order valence-electron chi connectivity index (χ1n) is 10.9. The van der Waals surface area contributed by atoms with Gasteiger partial charge in [0.2, 0.25) is 5.88 Å². The molecule has 0 aliphatic carbocycles. The number of hydrogen-bond donors (Lipinski definition) is 1. The average Bonchev–Trinajstić information content (AvgIpc) is 3.36. The van der Waals surface area contributed by atoms with Crippen molar-refractivity contribution < 1.29 is 22.7 Å². The van der Waals surface area contributed by atoms with E-state index in [1.54, 1.807) is 6.20 Å². The van der Waals surface area contributed by atoms with Crippen LogP contribution in [0.5, 0.6) is 5.88 Å². The molecule has 2 saturated heterocycles. The lowest BCUT2D eigenvalue weighted by Gasteiger charge is -2.26. The summed E-state index contributed by atoms with van der Waals surface area (Å²) in [5.41, 5.74) is -0.591. The summed E-state index contributed by atoms with van der Waals surface area (Å²) in [6.45, 7) is 2.23. The molecule has 1 aromatic carbocycles. The number of benzene rings is 1. The Balaban J connectivity index is 1.41. The number of nitrogens with one attached hydrogen (secondary N) is 1. The standard InChI is InChI=1S/C23H22F3N5O2/c1-2-33-21-20(15-6-4-3-5-13(15)10-29-21)22(32)31-14-7-8-17(31)16(9-14)30-19-12-27-18(11-28-19)23(24,25)26/h3-6,10-12,14,16-17H,2,7-9H2,1H3,(H,28,30). The molecule has 3 atom stereocenters. The maximum absolute atomic E-state index is 13.8. The number of rotatable bonds is 5. The summed E-state index contributed by atoms with van der Waals surface area (Å²) in [5, 5.41) is 4.82. The van der Waals surface area contributed by atoms with Gasteiger partial charge in [-0.05, 0) is 26.2 Å². The number of carbonyl (C=O) groups excluding carboxylic acids is 1. The van der Waals surface area contributed by atoms with E-state index in [0.29, 0.717) is 30.7 Å². The maximum atomic E-state index is 13.8. The molecule has 2 bridgehead atoms. The van der Waals surface area contributed by atoms with Gasteiger partial charge in [-0.2, -0.15) is 13.2 Å². The van der Waals surface area contributed by atoms with Crippen LogP contribution in [0.3, 0.4) is 0 Å². The molecule has 2 fully saturated rings. The maximum Gasteiger partial charge on any atom is 0.434 e. The molecule has 0 radical (unpaired) electrons. The van der Waals surface area contributed by atoms with Crippen molar-refractivity contribution in [1.82, 2.24) is 19.9 Å². The minimum absolute atomic E-state index is 0.0239. The Hall–Kier alpha value is -3.43. The normalized spacial score (nSPS) is 22.1.